The molecule has 3 heteroatoms. The lowest BCUT2D eigenvalue weighted by molar-refractivity contribution is 0.0698. The lowest BCUT2D eigenvalue weighted by Gasteiger charge is -2.21. The molecule has 1 aromatic carbocycles. The fourth-order valence-corrected chi connectivity index (χ4v) is 2.12. The molecule has 3 nitrogen and oxygen atoms in total. The van der Waals surface area contributed by atoms with Crippen molar-refractivity contribution in [3.05, 3.63) is 29.3 Å². The quantitative estimate of drug-likeness (QED) is 0.779. The molecular weight excluding hydrogens is 190 g/mol. The van der Waals surface area contributed by atoms with Gasteiger partial charge < -0.3 is 10.4 Å². The van der Waals surface area contributed by atoms with E-state index in [2.05, 4.69) is 19.2 Å². The van der Waals surface area contributed by atoms with E-state index < -0.39 is 5.97 Å². The van der Waals surface area contributed by atoms with E-state index >= 15 is 0 Å². The third kappa shape index (κ3) is 1.39. The zero-order chi connectivity index (χ0) is 11.1. The monoisotopic (exact) mass is 205 g/mol. The number of carbonyl (C=O) groups is 1. The van der Waals surface area contributed by atoms with Crippen molar-refractivity contribution in [3.8, 4) is 0 Å². The Bertz CT molecular complexity index is 414. The Kier molecular flexibility index (Phi) is 2.18. The fourth-order valence-electron chi connectivity index (χ4n) is 2.12. The lowest BCUT2D eigenvalue weighted by Crippen LogP contribution is -2.22. The first-order chi connectivity index (χ1) is 7.08. The Hall–Kier alpha value is -1.51. The van der Waals surface area contributed by atoms with Gasteiger partial charge in [0.05, 0.1) is 11.3 Å². The molecule has 1 aromatic rings. The van der Waals surface area contributed by atoms with Crippen molar-refractivity contribution in [2.45, 2.75) is 25.7 Å². The maximum Gasteiger partial charge on any atom is 0.337 e. The Labute approximate surface area is 89.1 Å². The normalized spacial score (nSPS) is 23.3. The van der Waals surface area contributed by atoms with Gasteiger partial charge in [0.1, 0.15) is 0 Å². The van der Waals surface area contributed by atoms with Crippen LogP contribution in [0.1, 0.15) is 36.2 Å². The van der Waals surface area contributed by atoms with Crippen LogP contribution < -0.4 is 5.32 Å². The third-order valence-corrected chi connectivity index (χ3v) is 3.38. The molecule has 80 valence electrons. The first-order valence-electron chi connectivity index (χ1n) is 5.19. The Morgan fingerprint density at radius 3 is 2.93 bits per heavy atom. The molecule has 0 saturated carbocycles. The van der Waals surface area contributed by atoms with Gasteiger partial charge in [0, 0.05) is 12.0 Å². The smallest absolute Gasteiger partial charge is 0.337 e. The van der Waals surface area contributed by atoms with Crippen LogP contribution in [0.15, 0.2) is 18.2 Å². The molecule has 0 unspecified atom stereocenters. The largest absolute Gasteiger partial charge is 0.478 e. The van der Waals surface area contributed by atoms with Gasteiger partial charge in [-0.1, -0.05) is 26.0 Å². The number of aromatic carboxylic acids is 1. The Morgan fingerprint density at radius 1 is 1.60 bits per heavy atom. The van der Waals surface area contributed by atoms with E-state index in [-0.39, 0.29) is 5.41 Å². The summed E-state index contributed by atoms with van der Waals surface area (Å²) in [7, 11) is 0. The van der Waals surface area contributed by atoms with Gasteiger partial charge in [-0.15, -0.1) is 0 Å². The van der Waals surface area contributed by atoms with Crippen molar-refractivity contribution >= 4 is 11.7 Å². The minimum Gasteiger partial charge on any atom is -0.478 e. The van der Waals surface area contributed by atoms with Crippen LogP contribution in [0.3, 0.4) is 0 Å². The van der Waals surface area contributed by atoms with Gasteiger partial charge in [-0.25, -0.2) is 4.79 Å². The summed E-state index contributed by atoms with van der Waals surface area (Å²) in [6.07, 6.45) is 1.01. The molecular formula is C12H15NO2. The van der Waals surface area contributed by atoms with Crippen LogP contribution in [0.25, 0.3) is 0 Å². The molecule has 0 spiro atoms. The van der Waals surface area contributed by atoms with Crippen LogP contribution in [-0.2, 0) is 5.41 Å². The van der Waals surface area contributed by atoms with Crippen molar-refractivity contribution < 1.29 is 9.90 Å². The first-order valence-corrected chi connectivity index (χ1v) is 5.19. The highest BCUT2D eigenvalue weighted by atomic mass is 16.4. The van der Waals surface area contributed by atoms with Crippen molar-refractivity contribution in [1.29, 1.82) is 0 Å². The average Bonchev–Trinajstić information content (AvgIpc) is 2.57. The van der Waals surface area contributed by atoms with Crippen LogP contribution in [0.4, 0.5) is 5.69 Å². The molecule has 0 aliphatic carbocycles. The second-order valence-electron chi connectivity index (χ2n) is 4.30. The number of fused-ring (bicyclic) bond motifs is 1. The van der Waals surface area contributed by atoms with Crippen molar-refractivity contribution in [2.24, 2.45) is 0 Å². The molecule has 1 aliphatic heterocycles. The minimum absolute atomic E-state index is 0.0702. The number of hydrogen-bond acceptors (Lipinski definition) is 2. The average molecular weight is 205 g/mol. The third-order valence-electron chi connectivity index (χ3n) is 3.38. The van der Waals surface area contributed by atoms with Gasteiger partial charge in [-0.3, -0.25) is 0 Å². The molecule has 0 aromatic heterocycles. The summed E-state index contributed by atoms with van der Waals surface area (Å²) in [6.45, 7) is 5.12. The van der Waals surface area contributed by atoms with E-state index in [4.69, 9.17) is 5.11 Å². The molecule has 0 saturated heterocycles. The molecule has 0 amide bonds. The summed E-state index contributed by atoms with van der Waals surface area (Å²) in [6, 6.07) is 5.49. The highest BCUT2D eigenvalue weighted by molar-refractivity contribution is 5.96. The van der Waals surface area contributed by atoms with Crippen LogP contribution in [-0.4, -0.2) is 17.6 Å². The second-order valence-corrected chi connectivity index (χ2v) is 4.30. The van der Waals surface area contributed by atoms with Crippen LogP contribution in [0.5, 0.6) is 0 Å². The molecule has 1 aliphatic rings. The van der Waals surface area contributed by atoms with E-state index in [1.165, 1.54) is 0 Å². The highest BCUT2D eigenvalue weighted by Gasteiger charge is 2.34. The molecule has 2 N–H and O–H groups in total. The molecule has 15 heavy (non-hydrogen) atoms. The summed E-state index contributed by atoms with van der Waals surface area (Å²) in [5, 5.41) is 12.3. The standard InChI is InChI=1S/C12H15NO2/c1-3-12(2)7-13-10-8(11(14)15)5-4-6-9(10)12/h4-6,13H,3,7H2,1-2H3,(H,14,15)/t12-/m1/s1. The maximum absolute atomic E-state index is 11.0. The highest BCUT2D eigenvalue weighted by Crippen LogP contribution is 2.40. The number of anilines is 1. The van der Waals surface area contributed by atoms with E-state index in [9.17, 15) is 4.79 Å². The van der Waals surface area contributed by atoms with Crippen molar-refractivity contribution in [1.82, 2.24) is 0 Å². The topological polar surface area (TPSA) is 49.3 Å². The number of hydrogen-bond donors (Lipinski definition) is 2. The van der Waals surface area contributed by atoms with Crippen LogP contribution in [0, 0.1) is 0 Å². The Balaban J connectivity index is 2.57. The van der Waals surface area contributed by atoms with E-state index in [1.54, 1.807) is 6.07 Å². The van der Waals surface area contributed by atoms with Gasteiger partial charge in [-0.2, -0.15) is 0 Å². The van der Waals surface area contributed by atoms with Crippen LogP contribution >= 0.6 is 0 Å². The van der Waals surface area contributed by atoms with E-state index in [1.807, 2.05) is 12.1 Å². The van der Waals surface area contributed by atoms with Crippen molar-refractivity contribution in [3.63, 3.8) is 0 Å². The number of rotatable bonds is 2. The predicted octanol–water partition coefficient (Wildman–Crippen LogP) is 2.48. The second kappa shape index (κ2) is 3.26. The van der Waals surface area contributed by atoms with Gasteiger partial charge in [-0.05, 0) is 18.1 Å². The summed E-state index contributed by atoms with van der Waals surface area (Å²) < 4.78 is 0. The summed E-state index contributed by atoms with van der Waals surface area (Å²) in [4.78, 5) is 11.0. The Morgan fingerprint density at radius 2 is 2.33 bits per heavy atom. The summed E-state index contributed by atoms with van der Waals surface area (Å²) >= 11 is 0. The minimum atomic E-state index is -0.861. The van der Waals surface area contributed by atoms with Gasteiger partial charge >= 0.3 is 5.97 Å². The van der Waals surface area contributed by atoms with Gasteiger partial charge in [0.25, 0.3) is 0 Å². The van der Waals surface area contributed by atoms with Crippen molar-refractivity contribution in [2.75, 3.05) is 11.9 Å². The molecule has 2 rings (SSSR count). The molecule has 1 atom stereocenters. The van der Waals surface area contributed by atoms with Gasteiger partial charge in [0.2, 0.25) is 0 Å². The molecule has 0 fully saturated rings. The molecule has 1 heterocycles. The first kappa shape index (κ1) is 10.0. The SMILES string of the molecule is CC[C@]1(C)CNc2c(C(=O)O)cccc21. The number of carboxylic acid groups (broad SMARTS) is 1. The van der Waals surface area contributed by atoms with Gasteiger partial charge in [0.15, 0.2) is 0 Å². The number of carboxylic acids is 1. The number of nitrogens with one attached hydrogen (secondary N) is 1. The predicted molar refractivity (Wildman–Crippen MR) is 59.5 cm³/mol. The van der Waals surface area contributed by atoms with E-state index in [0.717, 1.165) is 24.2 Å². The fraction of sp³-hybridized carbons (Fsp3) is 0.417. The molecule has 0 radical (unpaired) electrons. The zero-order valence-electron chi connectivity index (χ0n) is 9.00. The number of para-hydroxylation sites is 1. The summed E-state index contributed by atoms with van der Waals surface area (Å²) in [5.41, 5.74) is 2.38. The molecule has 0 bridgehead atoms. The maximum atomic E-state index is 11.0. The zero-order valence-corrected chi connectivity index (χ0v) is 9.00. The van der Waals surface area contributed by atoms with Crippen LogP contribution in [0.2, 0.25) is 0 Å². The van der Waals surface area contributed by atoms with E-state index in [0.29, 0.717) is 5.56 Å². The summed E-state index contributed by atoms with van der Waals surface area (Å²) in [5.74, 6) is -0.861. The lowest BCUT2D eigenvalue weighted by atomic mass is 9.81. The number of benzene rings is 1.